The summed E-state index contributed by atoms with van der Waals surface area (Å²) >= 11 is 6.13. The van der Waals surface area contributed by atoms with Gasteiger partial charge in [-0.3, -0.25) is 4.79 Å². The van der Waals surface area contributed by atoms with Crippen LogP contribution >= 0.6 is 11.6 Å². The number of nitriles is 1. The quantitative estimate of drug-likeness (QED) is 0.701. The summed E-state index contributed by atoms with van der Waals surface area (Å²) in [4.78, 5) is 16.5. The van der Waals surface area contributed by atoms with Gasteiger partial charge >= 0.3 is 0 Å². The summed E-state index contributed by atoms with van der Waals surface area (Å²) in [5, 5.41) is 15.7. The lowest BCUT2D eigenvalue weighted by atomic mass is 10.2. The number of carbonyl (C=O) groups is 1. The van der Waals surface area contributed by atoms with Crippen LogP contribution in [0, 0.1) is 11.3 Å². The zero-order valence-corrected chi connectivity index (χ0v) is 14.5. The lowest BCUT2D eigenvalue weighted by Gasteiger charge is -2.09. The Hall–Kier alpha value is -3.36. The normalized spacial score (nSPS) is 10.0. The molecule has 128 valence electrons. The number of anilines is 2. The van der Waals surface area contributed by atoms with Crippen molar-refractivity contribution in [3.8, 4) is 6.07 Å². The topological polar surface area (TPSA) is 77.8 Å². The van der Waals surface area contributed by atoms with Crippen molar-refractivity contribution < 1.29 is 4.79 Å². The van der Waals surface area contributed by atoms with E-state index in [-0.39, 0.29) is 11.6 Å². The number of hydrogen-bond acceptors (Lipinski definition) is 4. The maximum absolute atomic E-state index is 12.3. The second kappa shape index (κ2) is 8.15. The third-order valence-corrected chi connectivity index (χ3v) is 4.10. The molecule has 0 fully saturated rings. The van der Waals surface area contributed by atoms with Gasteiger partial charge in [0.2, 0.25) is 0 Å². The molecule has 3 aromatic rings. The monoisotopic (exact) mass is 362 g/mol. The molecule has 26 heavy (non-hydrogen) atoms. The van der Waals surface area contributed by atoms with Crippen molar-refractivity contribution in [2.45, 2.75) is 6.54 Å². The van der Waals surface area contributed by atoms with Crippen LogP contribution in [-0.2, 0) is 6.54 Å². The number of hydrogen-bond donors (Lipinski definition) is 2. The fourth-order valence-corrected chi connectivity index (χ4v) is 2.55. The molecule has 0 aliphatic rings. The summed E-state index contributed by atoms with van der Waals surface area (Å²) in [6.45, 7) is 0.558. The largest absolute Gasteiger partial charge is 0.380 e. The molecule has 1 aromatic heterocycles. The fraction of sp³-hybridized carbons (Fsp3) is 0.0500. The first kappa shape index (κ1) is 17.5. The van der Waals surface area contributed by atoms with E-state index in [1.807, 2.05) is 30.3 Å². The molecule has 5 nitrogen and oxygen atoms in total. The molecule has 1 heterocycles. The standard InChI is InChI=1S/C20H15ClN4O/c21-17-7-3-1-6-15(17)12-23-16-9-10-19(24-13-16)20(26)25-18-8-4-2-5-14(18)11-22/h1-10,13,23H,12H2,(H,25,26). The van der Waals surface area contributed by atoms with E-state index in [4.69, 9.17) is 16.9 Å². The van der Waals surface area contributed by atoms with Gasteiger partial charge in [0.15, 0.2) is 0 Å². The molecule has 0 saturated carbocycles. The van der Waals surface area contributed by atoms with E-state index in [1.54, 1.807) is 42.6 Å². The Bertz CT molecular complexity index is 964. The number of benzene rings is 2. The van der Waals surface area contributed by atoms with Gasteiger partial charge in [-0.15, -0.1) is 0 Å². The molecule has 0 spiro atoms. The number of rotatable bonds is 5. The Labute approximate surface area is 156 Å². The molecule has 6 heteroatoms. The highest BCUT2D eigenvalue weighted by Crippen LogP contribution is 2.18. The molecule has 2 aromatic carbocycles. The maximum atomic E-state index is 12.3. The Kier molecular flexibility index (Phi) is 5.47. The molecular formula is C20H15ClN4O. The van der Waals surface area contributed by atoms with E-state index in [2.05, 4.69) is 15.6 Å². The highest BCUT2D eigenvalue weighted by molar-refractivity contribution is 6.31. The van der Waals surface area contributed by atoms with Crippen molar-refractivity contribution in [2.75, 3.05) is 10.6 Å². The molecule has 0 saturated heterocycles. The van der Waals surface area contributed by atoms with E-state index < -0.39 is 0 Å². The first-order valence-electron chi connectivity index (χ1n) is 7.91. The van der Waals surface area contributed by atoms with Crippen LogP contribution in [0.5, 0.6) is 0 Å². The van der Waals surface area contributed by atoms with Gasteiger partial charge in [0.25, 0.3) is 5.91 Å². The number of nitrogens with one attached hydrogen (secondary N) is 2. The van der Waals surface area contributed by atoms with Crippen LogP contribution in [0.1, 0.15) is 21.6 Å². The number of amides is 1. The van der Waals surface area contributed by atoms with Crippen molar-refractivity contribution >= 4 is 28.9 Å². The van der Waals surface area contributed by atoms with Gasteiger partial charge in [0.1, 0.15) is 11.8 Å². The van der Waals surface area contributed by atoms with Gasteiger partial charge in [-0.2, -0.15) is 5.26 Å². The third-order valence-electron chi connectivity index (χ3n) is 3.73. The van der Waals surface area contributed by atoms with Crippen LogP contribution < -0.4 is 10.6 Å². The lowest BCUT2D eigenvalue weighted by Crippen LogP contribution is -2.14. The summed E-state index contributed by atoms with van der Waals surface area (Å²) in [6, 6.07) is 19.8. The molecule has 0 aliphatic heterocycles. The zero-order chi connectivity index (χ0) is 18.4. The summed E-state index contributed by atoms with van der Waals surface area (Å²) in [7, 11) is 0. The number of carbonyl (C=O) groups excluding carboxylic acids is 1. The molecule has 2 N–H and O–H groups in total. The van der Waals surface area contributed by atoms with Crippen molar-refractivity contribution in [2.24, 2.45) is 0 Å². The van der Waals surface area contributed by atoms with Gasteiger partial charge < -0.3 is 10.6 Å². The Morgan fingerprint density at radius 1 is 1.08 bits per heavy atom. The van der Waals surface area contributed by atoms with Gasteiger partial charge in [0.05, 0.1) is 23.1 Å². The van der Waals surface area contributed by atoms with Crippen molar-refractivity contribution in [3.05, 3.63) is 88.7 Å². The van der Waals surface area contributed by atoms with Crippen molar-refractivity contribution in [1.29, 1.82) is 5.26 Å². The smallest absolute Gasteiger partial charge is 0.274 e. The number of para-hydroxylation sites is 1. The molecule has 0 unspecified atom stereocenters. The molecule has 0 aliphatic carbocycles. The van der Waals surface area contributed by atoms with Gasteiger partial charge in [-0.1, -0.05) is 41.9 Å². The highest BCUT2D eigenvalue weighted by atomic mass is 35.5. The zero-order valence-electron chi connectivity index (χ0n) is 13.7. The molecular weight excluding hydrogens is 348 g/mol. The number of halogens is 1. The van der Waals surface area contributed by atoms with Gasteiger partial charge in [0, 0.05) is 11.6 Å². The summed E-state index contributed by atoms with van der Waals surface area (Å²) in [5.41, 5.74) is 2.88. The minimum absolute atomic E-state index is 0.265. The van der Waals surface area contributed by atoms with E-state index in [0.717, 1.165) is 11.3 Å². The predicted octanol–water partition coefficient (Wildman–Crippen LogP) is 4.47. The van der Waals surface area contributed by atoms with E-state index in [1.165, 1.54) is 0 Å². The average molecular weight is 363 g/mol. The second-order valence-corrected chi connectivity index (χ2v) is 5.90. The Morgan fingerprint density at radius 2 is 1.85 bits per heavy atom. The molecule has 0 bridgehead atoms. The molecule has 0 atom stereocenters. The third kappa shape index (κ3) is 4.18. The minimum atomic E-state index is -0.370. The summed E-state index contributed by atoms with van der Waals surface area (Å²) in [5.74, 6) is -0.370. The van der Waals surface area contributed by atoms with Crippen LogP contribution in [0.15, 0.2) is 66.9 Å². The van der Waals surface area contributed by atoms with Crippen LogP contribution in [0.25, 0.3) is 0 Å². The molecule has 1 amide bonds. The van der Waals surface area contributed by atoms with Gasteiger partial charge in [-0.05, 0) is 35.9 Å². The SMILES string of the molecule is N#Cc1ccccc1NC(=O)c1ccc(NCc2ccccc2Cl)cn1. The van der Waals surface area contributed by atoms with E-state index in [9.17, 15) is 4.79 Å². The summed E-state index contributed by atoms with van der Waals surface area (Å²) in [6.07, 6.45) is 1.59. The summed E-state index contributed by atoms with van der Waals surface area (Å²) < 4.78 is 0. The number of pyridine rings is 1. The van der Waals surface area contributed by atoms with Crippen LogP contribution in [-0.4, -0.2) is 10.9 Å². The predicted molar refractivity (Wildman–Crippen MR) is 102 cm³/mol. The van der Waals surface area contributed by atoms with Gasteiger partial charge in [-0.25, -0.2) is 4.98 Å². The highest BCUT2D eigenvalue weighted by Gasteiger charge is 2.10. The molecule has 0 radical (unpaired) electrons. The van der Waals surface area contributed by atoms with Crippen molar-refractivity contribution in [1.82, 2.24) is 4.98 Å². The second-order valence-electron chi connectivity index (χ2n) is 5.49. The molecule has 3 rings (SSSR count). The van der Waals surface area contributed by atoms with Crippen molar-refractivity contribution in [3.63, 3.8) is 0 Å². The first-order valence-corrected chi connectivity index (χ1v) is 8.29. The minimum Gasteiger partial charge on any atom is -0.380 e. The van der Waals surface area contributed by atoms with E-state index >= 15 is 0 Å². The van der Waals surface area contributed by atoms with Crippen LogP contribution in [0.2, 0.25) is 5.02 Å². The fourth-order valence-electron chi connectivity index (χ4n) is 2.35. The maximum Gasteiger partial charge on any atom is 0.274 e. The van der Waals surface area contributed by atoms with Crippen LogP contribution in [0.4, 0.5) is 11.4 Å². The van der Waals surface area contributed by atoms with Crippen LogP contribution in [0.3, 0.4) is 0 Å². The number of aromatic nitrogens is 1. The average Bonchev–Trinajstić information content (AvgIpc) is 2.68. The Balaban J connectivity index is 1.65. The number of nitrogens with zero attached hydrogens (tertiary/aromatic N) is 2. The Morgan fingerprint density at radius 3 is 2.58 bits per heavy atom. The van der Waals surface area contributed by atoms with E-state index in [0.29, 0.717) is 22.8 Å². The lowest BCUT2D eigenvalue weighted by molar-refractivity contribution is 0.102. The first-order chi connectivity index (χ1) is 12.7.